The Hall–Kier alpha value is -0.610. The van der Waals surface area contributed by atoms with E-state index in [0.717, 1.165) is 25.9 Å². The lowest BCUT2D eigenvalue weighted by Crippen LogP contribution is -2.61. The van der Waals surface area contributed by atoms with Gasteiger partial charge in [-0.15, -0.1) is 0 Å². The number of hydrogen-bond donors (Lipinski definition) is 1. The average molecular weight is 284 g/mol. The number of ether oxygens (including phenoxy) is 1. The van der Waals surface area contributed by atoms with Crippen molar-refractivity contribution in [3.05, 3.63) is 0 Å². The van der Waals surface area contributed by atoms with Gasteiger partial charge in [0, 0.05) is 19.1 Å². The molecule has 0 spiro atoms. The zero-order valence-corrected chi connectivity index (χ0v) is 14.0. The smallest absolute Gasteiger partial charge is 0.327 e. The van der Waals surface area contributed by atoms with Gasteiger partial charge < -0.3 is 10.1 Å². The van der Waals surface area contributed by atoms with E-state index in [-0.39, 0.29) is 5.97 Å². The molecule has 1 N–H and O–H groups in total. The van der Waals surface area contributed by atoms with Crippen LogP contribution in [0.5, 0.6) is 0 Å². The normalized spacial score (nSPS) is 18.6. The Morgan fingerprint density at radius 1 is 1.35 bits per heavy atom. The lowest BCUT2D eigenvalue weighted by Gasteiger charge is -2.39. The molecule has 0 heterocycles. The molecule has 1 unspecified atom stereocenters. The number of likely N-dealkylation sites (N-methyl/N-ethyl adjacent to an activating group) is 1. The third-order valence-corrected chi connectivity index (χ3v) is 4.14. The monoisotopic (exact) mass is 284 g/mol. The van der Waals surface area contributed by atoms with Crippen molar-refractivity contribution in [2.45, 2.75) is 59.0 Å². The summed E-state index contributed by atoms with van der Waals surface area (Å²) in [4.78, 5) is 14.9. The zero-order chi connectivity index (χ0) is 15.3. The lowest BCUT2D eigenvalue weighted by molar-refractivity contribution is -0.153. The maximum atomic E-state index is 12.5. The van der Waals surface area contributed by atoms with Crippen molar-refractivity contribution in [1.29, 1.82) is 0 Å². The van der Waals surface area contributed by atoms with E-state index in [0.29, 0.717) is 24.5 Å². The van der Waals surface area contributed by atoms with E-state index in [2.05, 4.69) is 37.9 Å². The summed E-state index contributed by atoms with van der Waals surface area (Å²) >= 11 is 0. The minimum atomic E-state index is -0.533. The maximum absolute atomic E-state index is 12.5. The average Bonchev–Trinajstić information content (AvgIpc) is 3.18. The number of nitrogens with one attached hydrogen (secondary N) is 1. The summed E-state index contributed by atoms with van der Waals surface area (Å²) in [7, 11) is 1.89. The standard InChI is InChI=1S/C16H32N2O2/c1-7-20-15(19)16(17-6,14-8-9-14)11-18(13(4)5)10-12(2)3/h12-14,17H,7-11H2,1-6H3. The Balaban J connectivity index is 2.89. The molecule has 4 heteroatoms. The Bertz CT molecular complexity index is 314. The number of carbonyl (C=O) groups is 1. The van der Waals surface area contributed by atoms with Crippen molar-refractivity contribution < 1.29 is 9.53 Å². The molecule has 1 atom stereocenters. The maximum Gasteiger partial charge on any atom is 0.327 e. The molecule has 0 aromatic rings. The molecular weight excluding hydrogens is 252 g/mol. The summed E-state index contributed by atoms with van der Waals surface area (Å²) in [6.07, 6.45) is 2.24. The molecule has 1 saturated carbocycles. The molecule has 0 amide bonds. The molecule has 0 saturated heterocycles. The van der Waals surface area contributed by atoms with Gasteiger partial charge in [0.15, 0.2) is 0 Å². The SMILES string of the molecule is CCOC(=O)C(CN(CC(C)C)C(C)C)(NC)C1CC1. The van der Waals surface area contributed by atoms with Crippen molar-refractivity contribution in [3.63, 3.8) is 0 Å². The van der Waals surface area contributed by atoms with Gasteiger partial charge in [0.05, 0.1) is 6.61 Å². The summed E-state index contributed by atoms with van der Waals surface area (Å²) < 4.78 is 5.36. The van der Waals surface area contributed by atoms with Gasteiger partial charge in [0.1, 0.15) is 5.54 Å². The third kappa shape index (κ3) is 4.19. The van der Waals surface area contributed by atoms with Crippen LogP contribution in [0.2, 0.25) is 0 Å². The molecule has 0 aromatic carbocycles. The highest BCUT2D eigenvalue weighted by molar-refractivity contribution is 5.82. The van der Waals surface area contributed by atoms with Crippen LogP contribution >= 0.6 is 0 Å². The number of carbonyl (C=O) groups excluding carboxylic acids is 1. The van der Waals surface area contributed by atoms with Gasteiger partial charge in [-0.3, -0.25) is 4.90 Å². The fourth-order valence-corrected chi connectivity index (χ4v) is 2.83. The van der Waals surface area contributed by atoms with Gasteiger partial charge in [-0.05, 0) is 52.5 Å². The fraction of sp³-hybridized carbons (Fsp3) is 0.938. The van der Waals surface area contributed by atoms with E-state index in [4.69, 9.17) is 4.74 Å². The van der Waals surface area contributed by atoms with Crippen molar-refractivity contribution in [2.75, 3.05) is 26.7 Å². The van der Waals surface area contributed by atoms with Crippen LogP contribution in [0.3, 0.4) is 0 Å². The number of nitrogens with zero attached hydrogens (tertiary/aromatic N) is 1. The molecule has 0 aromatic heterocycles. The van der Waals surface area contributed by atoms with Crippen molar-refractivity contribution in [2.24, 2.45) is 11.8 Å². The van der Waals surface area contributed by atoms with Gasteiger partial charge in [-0.1, -0.05) is 13.8 Å². The number of esters is 1. The highest BCUT2D eigenvalue weighted by Gasteiger charge is 2.52. The minimum absolute atomic E-state index is 0.0839. The van der Waals surface area contributed by atoms with E-state index in [9.17, 15) is 4.79 Å². The number of rotatable bonds is 9. The van der Waals surface area contributed by atoms with Crippen molar-refractivity contribution >= 4 is 5.97 Å². The van der Waals surface area contributed by atoms with Crippen LogP contribution < -0.4 is 5.32 Å². The first kappa shape index (κ1) is 17.4. The quantitative estimate of drug-likeness (QED) is 0.660. The summed E-state index contributed by atoms with van der Waals surface area (Å²) in [6.45, 7) is 12.9. The van der Waals surface area contributed by atoms with Crippen LogP contribution in [-0.2, 0) is 9.53 Å². The Morgan fingerprint density at radius 2 is 1.95 bits per heavy atom. The first-order valence-electron chi connectivity index (χ1n) is 7.97. The second-order valence-electron chi connectivity index (χ2n) is 6.63. The summed E-state index contributed by atoms with van der Waals surface area (Å²) in [6, 6.07) is 0.429. The zero-order valence-electron chi connectivity index (χ0n) is 14.0. The topological polar surface area (TPSA) is 41.6 Å². The van der Waals surface area contributed by atoms with E-state index in [1.54, 1.807) is 0 Å². The third-order valence-electron chi connectivity index (χ3n) is 4.14. The van der Waals surface area contributed by atoms with E-state index in [1.807, 2.05) is 14.0 Å². The van der Waals surface area contributed by atoms with Crippen LogP contribution in [0.25, 0.3) is 0 Å². The van der Waals surface area contributed by atoms with E-state index >= 15 is 0 Å². The van der Waals surface area contributed by atoms with E-state index in [1.165, 1.54) is 0 Å². The molecule has 1 aliphatic carbocycles. The Labute approximate surface area is 124 Å². The van der Waals surface area contributed by atoms with Gasteiger partial charge in [-0.2, -0.15) is 0 Å². The molecule has 4 nitrogen and oxygen atoms in total. The molecule has 1 fully saturated rings. The molecule has 1 rings (SSSR count). The van der Waals surface area contributed by atoms with Gasteiger partial charge >= 0.3 is 5.97 Å². The summed E-state index contributed by atoms with van der Waals surface area (Å²) in [5, 5.41) is 3.30. The number of hydrogen-bond acceptors (Lipinski definition) is 4. The molecule has 20 heavy (non-hydrogen) atoms. The van der Waals surface area contributed by atoms with Crippen molar-refractivity contribution in [3.8, 4) is 0 Å². The molecule has 118 valence electrons. The van der Waals surface area contributed by atoms with E-state index < -0.39 is 5.54 Å². The van der Waals surface area contributed by atoms with Gasteiger partial charge in [0.25, 0.3) is 0 Å². The predicted octanol–water partition coefficient (Wildman–Crippen LogP) is 2.28. The fourth-order valence-electron chi connectivity index (χ4n) is 2.83. The minimum Gasteiger partial charge on any atom is -0.465 e. The van der Waals surface area contributed by atoms with Crippen LogP contribution in [0, 0.1) is 11.8 Å². The molecular formula is C16H32N2O2. The first-order chi connectivity index (χ1) is 9.37. The Kier molecular flexibility index (Phi) is 6.46. The second kappa shape index (κ2) is 7.41. The summed E-state index contributed by atoms with van der Waals surface area (Å²) in [5.41, 5.74) is -0.533. The Morgan fingerprint density at radius 3 is 2.30 bits per heavy atom. The van der Waals surface area contributed by atoms with Gasteiger partial charge in [-0.25, -0.2) is 4.79 Å². The first-order valence-corrected chi connectivity index (χ1v) is 7.97. The van der Waals surface area contributed by atoms with Crippen LogP contribution in [0.15, 0.2) is 0 Å². The van der Waals surface area contributed by atoms with Crippen LogP contribution in [0.1, 0.15) is 47.5 Å². The molecule has 1 aliphatic rings. The second-order valence-corrected chi connectivity index (χ2v) is 6.63. The highest BCUT2D eigenvalue weighted by atomic mass is 16.5. The molecule has 0 aliphatic heterocycles. The molecule has 0 bridgehead atoms. The predicted molar refractivity (Wildman–Crippen MR) is 82.7 cm³/mol. The highest BCUT2D eigenvalue weighted by Crippen LogP contribution is 2.41. The molecule has 0 radical (unpaired) electrons. The van der Waals surface area contributed by atoms with Crippen LogP contribution in [0.4, 0.5) is 0 Å². The van der Waals surface area contributed by atoms with Crippen molar-refractivity contribution in [1.82, 2.24) is 10.2 Å². The van der Waals surface area contributed by atoms with Gasteiger partial charge in [0.2, 0.25) is 0 Å². The van der Waals surface area contributed by atoms with Crippen LogP contribution in [-0.4, -0.2) is 49.2 Å². The summed E-state index contributed by atoms with van der Waals surface area (Å²) in [5.74, 6) is 0.924. The largest absolute Gasteiger partial charge is 0.465 e. The lowest BCUT2D eigenvalue weighted by atomic mass is 9.91.